The maximum absolute atomic E-state index is 14.3. The van der Waals surface area contributed by atoms with Crippen molar-refractivity contribution < 1.29 is 43.8 Å². The fourth-order valence-electron chi connectivity index (χ4n) is 7.18. The molecule has 21 heteroatoms. The van der Waals surface area contributed by atoms with E-state index in [0.29, 0.717) is 44.3 Å². The van der Waals surface area contributed by atoms with Gasteiger partial charge < -0.3 is 63.5 Å². The van der Waals surface area contributed by atoms with Crippen molar-refractivity contribution in [2.75, 3.05) is 26.2 Å². The second-order valence-corrected chi connectivity index (χ2v) is 15.7. The van der Waals surface area contributed by atoms with Crippen LogP contribution in [0.3, 0.4) is 0 Å². The smallest absolute Gasteiger partial charge is 0.328 e. The van der Waals surface area contributed by atoms with Gasteiger partial charge in [-0.1, -0.05) is 27.7 Å². The van der Waals surface area contributed by atoms with Crippen molar-refractivity contribution in [1.82, 2.24) is 41.0 Å². The van der Waals surface area contributed by atoms with Crippen LogP contribution in [0, 0.1) is 11.8 Å². The molecule has 21 nitrogen and oxygen atoms in total. The molecular formula is C37H62N12O9. The average molecular weight is 819 g/mol. The Morgan fingerprint density at radius 2 is 1.38 bits per heavy atom. The van der Waals surface area contributed by atoms with Gasteiger partial charge in [0, 0.05) is 37.9 Å². The predicted molar refractivity (Wildman–Crippen MR) is 211 cm³/mol. The standard InChI is InChI=1S/C37H62N12O9/c1-20(2)14-23(38)34(55)48-12-6-9-28(48)32(53)44-24(8-5-11-42-37(39)40)35(56)49-13-7-10-29(49)33(54)46-25(15-21(3)4)30(51)45-26(16-22-17-41-19-43-22)31(52)47-27(18-50)36(57)58/h17,19-21,23-29,50H,5-16,18,38H2,1-4H3,(H,41,43)(H,44,53)(H,45,51)(H,46,54)(H,47,52)(H,57,58)(H4,39,40,42)/t23-,24-,25-,26-,27-,28-,29-/m0/s1. The lowest BCUT2D eigenvalue weighted by Gasteiger charge is -2.32. The number of hydrogen-bond donors (Lipinski definition) is 10. The van der Waals surface area contributed by atoms with Gasteiger partial charge in [0.05, 0.1) is 19.0 Å². The number of nitrogens with zero attached hydrogens (tertiary/aromatic N) is 4. The molecule has 6 amide bonds. The highest BCUT2D eigenvalue weighted by molar-refractivity contribution is 5.97. The summed E-state index contributed by atoms with van der Waals surface area (Å²) < 4.78 is 0. The van der Waals surface area contributed by atoms with Gasteiger partial charge in [-0.05, 0) is 63.2 Å². The number of carbonyl (C=O) groups excluding carboxylic acids is 6. The maximum atomic E-state index is 14.3. The molecule has 0 radical (unpaired) electrons. The van der Waals surface area contributed by atoms with E-state index >= 15 is 0 Å². The molecule has 0 aliphatic carbocycles. The zero-order valence-corrected chi connectivity index (χ0v) is 33.8. The number of carbonyl (C=O) groups is 7. The maximum Gasteiger partial charge on any atom is 0.328 e. The molecule has 7 atom stereocenters. The number of nitrogens with two attached hydrogens (primary N) is 3. The van der Waals surface area contributed by atoms with Crippen LogP contribution in [0.5, 0.6) is 0 Å². The van der Waals surface area contributed by atoms with Crippen LogP contribution in [0.1, 0.15) is 84.8 Å². The number of rotatable bonds is 22. The predicted octanol–water partition coefficient (Wildman–Crippen LogP) is -2.58. The Labute approximate surface area is 338 Å². The highest BCUT2D eigenvalue weighted by Crippen LogP contribution is 2.23. The summed E-state index contributed by atoms with van der Waals surface area (Å²) in [5.41, 5.74) is 17.6. The second kappa shape index (κ2) is 22.6. The number of likely N-dealkylation sites (tertiary alicyclic amines) is 2. The first-order valence-electron chi connectivity index (χ1n) is 19.9. The fraction of sp³-hybridized carbons (Fsp3) is 0.703. The summed E-state index contributed by atoms with van der Waals surface area (Å²) in [6, 6.07) is -7.82. The van der Waals surface area contributed by atoms with E-state index in [9.17, 15) is 43.8 Å². The van der Waals surface area contributed by atoms with Crippen LogP contribution in [0.2, 0.25) is 0 Å². The summed E-state index contributed by atoms with van der Waals surface area (Å²) in [5, 5.41) is 29.2. The molecule has 0 saturated carbocycles. The molecule has 1 aromatic heterocycles. The van der Waals surface area contributed by atoms with Gasteiger partial charge in [-0.25, -0.2) is 9.78 Å². The van der Waals surface area contributed by atoms with E-state index in [2.05, 4.69) is 36.2 Å². The van der Waals surface area contributed by atoms with E-state index in [0.717, 1.165) is 0 Å². The first kappa shape index (κ1) is 47.1. The number of aromatic nitrogens is 2. The van der Waals surface area contributed by atoms with Crippen LogP contribution in [0.25, 0.3) is 0 Å². The third-order valence-electron chi connectivity index (χ3n) is 10.0. The molecule has 0 bridgehead atoms. The Balaban J connectivity index is 1.80. The van der Waals surface area contributed by atoms with Crippen LogP contribution in [-0.2, 0) is 40.0 Å². The highest BCUT2D eigenvalue weighted by atomic mass is 16.4. The first-order chi connectivity index (χ1) is 27.4. The molecule has 0 spiro atoms. The van der Waals surface area contributed by atoms with Crippen LogP contribution in [0.15, 0.2) is 17.5 Å². The third-order valence-corrected chi connectivity index (χ3v) is 10.0. The normalized spacial score (nSPS) is 19.2. The summed E-state index contributed by atoms with van der Waals surface area (Å²) in [7, 11) is 0. The lowest BCUT2D eigenvalue weighted by molar-refractivity contribution is -0.144. The number of aliphatic imine (C=N–C) groups is 1. The molecule has 58 heavy (non-hydrogen) atoms. The van der Waals surface area contributed by atoms with Crippen LogP contribution >= 0.6 is 0 Å². The Morgan fingerprint density at radius 3 is 1.90 bits per heavy atom. The number of aliphatic hydroxyl groups is 1. The molecule has 2 fully saturated rings. The molecule has 3 heterocycles. The van der Waals surface area contributed by atoms with Crippen molar-refractivity contribution in [2.24, 2.45) is 34.0 Å². The summed E-state index contributed by atoms with van der Waals surface area (Å²) in [4.78, 5) is 107. The van der Waals surface area contributed by atoms with E-state index in [1.807, 2.05) is 27.7 Å². The number of guanidine groups is 1. The number of aliphatic carboxylic acids is 1. The Morgan fingerprint density at radius 1 is 0.828 bits per heavy atom. The highest BCUT2D eigenvalue weighted by Gasteiger charge is 2.42. The number of imidazole rings is 1. The van der Waals surface area contributed by atoms with Gasteiger partial charge >= 0.3 is 5.97 Å². The topological polar surface area (TPSA) is 334 Å². The zero-order valence-electron chi connectivity index (χ0n) is 33.8. The van der Waals surface area contributed by atoms with Crippen molar-refractivity contribution in [3.05, 3.63) is 18.2 Å². The number of H-pyrrole nitrogens is 1. The minimum atomic E-state index is -1.63. The molecule has 3 rings (SSSR count). The van der Waals surface area contributed by atoms with Crippen molar-refractivity contribution in [1.29, 1.82) is 0 Å². The number of hydrogen-bond acceptors (Lipinski definition) is 11. The summed E-state index contributed by atoms with van der Waals surface area (Å²) >= 11 is 0. The van der Waals surface area contributed by atoms with Gasteiger partial charge in [-0.15, -0.1) is 0 Å². The third kappa shape index (κ3) is 14.0. The van der Waals surface area contributed by atoms with Crippen molar-refractivity contribution >= 4 is 47.4 Å². The SMILES string of the molecule is CC(C)C[C@H](NC(=O)[C@@H]1CCCN1C(=O)[C@H](CCCN=C(N)N)NC(=O)[C@@H]1CCCN1C(=O)[C@@H](N)CC(C)C)C(=O)N[C@@H](Cc1cnc[nH]1)C(=O)N[C@@H](CO)C(=O)O. The number of carboxylic acid groups (broad SMARTS) is 1. The molecule has 2 aliphatic heterocycles. The molecule has 13 N–H and O–H groups in total. The largest absolute Gasteiger partial charge is 0.480 e. The first-order valence-corrected chi connectivity index (χ1v) is 19.9. The number of carboxylic acids is 1. The van der Waals surface area contributed by atoms with E-state index in [1.54, 1.807) is 0 Å². The molecule has 2 saturated heterocycles. The van der Waals surface area contributed by atoms with Gasteiger partial charge in [0.2, 0.25) is 35.4 Å². The van der Waals surface area contributed by atoms with Crippen molar-refractivity contribution in [2.45, 2.75) is 128 Å². The Kier molecular flexibility index (Phi) is 18.3. The summed E-state index contributed by atoms with van der Waals surface area (Å²) in [6.45, 7) is 7.39. The zero-order chi connectivity index (χ0) is 43.1. The molecule has 0 unspecified atom stereocenters. The molecular weight excluding hydrogens is 756 g/mol. The van der Waals surface area contributed by atoms with Gasteiger partial charge in [0.15, 0.2) is 5.96 Å². The minimum absolute atomic E-state index is 0.115. The van der Waals surface area contributed by atoms with Gasteiger partial charge in [-0.3, -0.25) is 33.8 Å². The molecule has 2 aliphatic rings. The van der Waals surface area contributed by atoms with E-state index in [1.165, 1.54) is 22.3 Å². The fourth-order valence-corrected chi connectivity index (χ4v) is 7.18. The minimum Gasteiger partial charge on any atom is -0.480 e. The summed E-state index contributed by atoms with van der Waals surface area (Å²) in [6.07, 6.45) is 5.40. The van der Waals surface area contributed by atoms with Crippen molar-refractivity contribution in [3.63, 3.8) is 0 Å². The quantitative estimate of drug-likeness (QED) is 0.0327. The molecule has 1 aromatic rings. The van der Waals surface area contributed by atoms with Gasteiger partial charge in [-0.2, -0.15) is 0 Å². The second-order valence-electron chi connectivity index (χ2n) is 15.7. The Hall–Kier alpha value is -5.31. The van der Waals surface area contributed by atoms with Crippen LogP contribution in [-0.4, -0.2) is 146 Å². The van der Waals surface area contributed by atoms with Crippen molar-refractivity contribution in [3.8, 4) is 0 Å². The van der Waals surface area contributed by atoms with Crippen LogP contribution < -0.4 is 38.5 Å². The van der Waals surface area contributed by atoms with Gasteiger partial charge in [0.25, 0.3) is 0 Å². The van der Waals surface area contributed by atoms with E-state index in [-0.39, 0.29) is 62.5 Å². The van der Waals surface area contributed by atoms with E-state index < -0.39 is 84.4 Å². The lowest BCUT2D eigenvalue weighted by atomic mass is 10.0. The average Bonchev–Trinajstić information content (AvgIpc) is 3.96. The number of aromatic amines is 1. The van der Waals surface area contributed by atoms with E-state index in [4.69, 9.17) is 17.2 Å². The summed E-state index contributed by atoms with van der Waals surface area (Å²) in [5.74, 6) is -5.17. The number of amides is 6. The molecule has 324 valence electrons. The Bertz CT molecular complexity index is 1600. The van der Waals surface area contributed by atoms with Crippen LogP contribution in [0.4, 0.5) is 0 Å². The lowest BCUT2D eigenvalue weighted by Crippen LogP contribution is -2.59. The molecule has 0 aromatic carbocycles. The monoisotopic (exact) mass is 818 g/mol. The number of nitrogens with one attached hydrogen (secondary N) is 5. The van der Waals surface area contributed by atoms with Gasteiger partial charge in [0.1, 0.15) is 36.3 Å². The number of aliphatic hydroxyl groups excluding tert-OH is 1.